The molecular weight excluding hydrogens is 166 g/mol. The molecule has 0 heterocycles. The quantitative estimate of drug-likeness (QED) is 0.691. The van der Waals surface area contributed by atoms with Crippen LogP contribution in [0.3, 0.4) is 0 Å². The predicted octanol–water partition coefficient (Wildman–Crippen LogP) is 1.43. The van der Waals surface area contributed by atoms with Crippen molar-refractivity contribution in [3.63, 3.8) is 0 Å². The Labute approximate surface area is 78.1 Å². The minimum Gasteiger partial charge on any atom is -0.504 e. The summed E-state index contributed by atoms with van der Waals surface area (Å²) in [6.07, 6.45) is 0.799. The number of hydrogen-bond donors (Lipinski definition) is 2. The predicted molar refractivity (Wildman–Crippen MR) is 52.0 cm³/mol. The van der Waals surface area contributed by atoms with Gasteiger partial charge in [-0.3, -0.25) is 0 Å². The highest BCUT2D eigenvalue weighted by Gasteiger charge is 2.03. The molecule has 0 bridgehead atoms. The van der Waals surface area contributed by atoms with Crippen LogP contribution in [-0.4, -0.2) is 18.3 Å². The molecule has 0 aliphatic heterocycles. The van der Waals surface area contributed by atoms with E-state index >= 15 is 0 Å². The number of para-hydroxylation sites is 1. The zero-order valence-corrected chi connectivity index (χ0v) is 7.79. The molecule has 0 radical (unpaired) electrons. The lowest BCUT2D eigenvalue weighted by atomic mass is 10.2. The van der Waals surface area contributed by atoms with Gasteiger partial charge in [0, 0.05) is 0 Å². The van der Waals surface area contributed by atoms with Crippen LogP contribution >= 0.6 is 0 Å². The average Bonchev–Trinajstić information content (AvgIpc) is 2.13. The molecule has 72 valence electrons. The SMILES string of the molecule is Cc1cccc(OCCCN)c1O. The van der Waals surface area contributed by atoms with E-state index in [1.807, 2.05) is 19.1 Å². The number of nitrogens with two attached hydrogens (primary N) is 1. The second-order valence-corrected chi connectivity index (χ2v) is 2.91. The van der Waals surface area contributed by atoms with Crippen molar-refractivity contribution >= 4 is 0 Å². The van der Waals surface area contributed by atoms with Gasteiger partial charge >= 0.3 is 0 Å². The lowest BCUT2D eigenvalue weighted by Crippen LogP contribution is -2.06. The zero-order chi connectivity index (χ0) is 9.68. The van der Waals surface area contributed by atoms with E-state index in [4.69, 9.17) is 10.5 Å². The van der Waals surface area contributed by atoms with E-state index in [1.54, 1.807) is 6.07 Å². The van der Waals surface area contributed by atoms with Crippen LogP contribution in [0.5, 0.6) is 11.5 Å². The normalized spacial score (nSPS) is 10.0. The molecule has 0 amide bonds. The van der Waals surface area contributed by atoms with Crippen LogP contribution in [0.4, 0.5) is 0 Å². The highest BCUT2D eigenvalue weighted by atomic mass is 16.5. The summed E-state index contributed by atoms with van der Waals surface area (Å²) < 4.78 is 5.33. The first kappa shape index (κ1) is 9.86. The number of aryl methyl sites for hydroxylation is 1. The van der Waals surface area contributed by atoms with Crippen molar-refractivity contribution < 1.29 is 9.84 Å². The summed E-state index contributed by atoms with van der Waals surface area (Å²) in [5.41, 5.74) is 6.14. The molecule has 0 unspecified atom stereocenters. The summed E-state index contributed by atoms with van der Waals surface area (Å²) in [5, 5.41) is 9.54. The Morgan fingerprint density at radius 3 is 2.92 bits per heavy atom. The first-order valence-corrected chi connectivity index (χ1v) is 4.37. The van der Waals surface area contributed by atoms with Gasteiger partial charge in [-0.15, -0.1) is 0 Å². The Bertz CT molecular complexity index is 274. The summed E-state index contributed by atoms with van der Waals surface area (Å²) in [4.78, 5) is 0. The van der Waals surface area contributed by atoms with Gasteiger partial charge in [-0.05, 0) is 31.5 Å². The maximum Gasteiger partial charge on any atom is 0.161 e. The average molecular weight is 181 g/mol. The van der Waals surface area contributed by atoms with Crippen molar-refractivity contribution in [2.45, 2.75) is 13.3 Å². The molecule has 0 spiro atoms. The van der Waals surface area contributed by atoms with Crippen molar-refractivity contribution in [2.75, 3.05) is 13.2 Å². The number of benzene rings is 1. The Balaban J connectivity index is 2.61. The molecule has 1 aromatic carbocycles. The summed E-state index contributed by atoms with van der Waals surface area (Å²) >= 11 is 0. The maximum atomic E-state index is 9.54. The van der Waals surface area contributed by atoms with Gasteiger partial charge in [0.05, 0.1) is 6.61 Å². The van der Waals surface area contributed by atoms with Crippen LogP contribution < -0.4 is 10.5 Å². The third kappa shape index (κ3) is 2.63. The Kier molecular flexibility index (Phi) is 3.58. The highest BCUT2D eigenvalue weighted by molar-refractivity contribution is 5.44. The van der Waals surface area contributed by atoms with Crippen LogP contribution in [0.15, 0.2) is 18.2 Å². The van der Waals surface area contributed by atoms with Gasteiger partial charge in [-0.25, -0.2) is 0 Å². The molecule has 1 rings (SSSR count). The summed E-state index contributed by atoms with van der Waals surface area (Å²) in [6, 6.07) is 5.44. The molecule has 0 aromatic heterocycles. The van der Waals surface area contributed by atoms with E-state index in [1.165, 1.54) is 0 Å². The van der Waals surface area contributed by atoms with Crippen LogP contribution in [0, 0.1) is 6.92 Å². The number of rotatable bonds is 4. The molecule has 3 N–H and O–H groups in total. The highest BCUT2D eigenvalue weighted by Crippen LogP contribution is 2.28. The third-order valence-electron chi connectivity index (χ3n) is 1.81. The largest absolute Gasteiger partial charge is 0.504 e. The number of hydrogen-bond acceptors (Lipinski definition) is 3. The summed E-state index contributed by atoms with van der Waals surface area (Å²) in [5.74, 6) is 0.757. The van der Waals surface area contributed by atoms with Crippen molar-refractivity contribution in [1.82, 2.24) is 0 Å². The van der Waals surface area contributed by atoms with Crippen molar-refractivity contribution in [1.29, 1.82) is 0 Å². The Morgan fingerprint density at radius 2 is 2.23 bits per heavy atom. The van der Waals surface area contributed by atoms with Gasteiger partial charge in [0.2, 0.25) is 0 Å². The van der Waals surface area contributed by atoms with E-state index < -0.39 is 0 Å². The lowest BCUT2D eigenvalue weighted by molar-refractivity contribution is 0.295. The molecular formula is C10H15NO2. The number of phenolic OH excluding ortho intramolecular Hbond substituents is 1. The summed E-state index contributed by atoms with van der Waals surface area (Å²) in [7, 11) is 0. The van der Waals surface area contributed by atoms with E-state index in [2.05, 4.69) is 0 Å². The number of aromatic hydroxyl groups is 1. The molecule has 0 aliphatic rings. The van der Waals surface area contributed by atoms with Gasteiger partial charge in [-0.1, -0.05) is 12.1 Å². The van der Waals surface area contributed by atoms with Crippen LogP contribution in [0.25, 0.3) is 0 Å². The first-order valence-electron chi connectivity index (χ1n) is 4.37. The van der Waals surface area contributed by atoms with E-state index in [-0.39, 0.29) is 5.75 Å². The molecule has 0 atom stereocenters. The molecule has 0 saturated heterocycles. The van der Waals surface area contributed by atoms with E-state index in [0.717, 1.165) is 12.0 Å². The molecule has 0 fully saturated rings. The van der Waals surface area contributed by atoms with E-state index in [0.29, 0.717) is 18.9 Å². The van der Waals surface area contributed by atoms with Crippen molar-refractivity contribution in [3.8, 4) is 11.5 Å². The number of ether oxygens (including phenoxy) is 1. The fourth-order valence-electron chi connectivity index (χ4n) is 1.01. The van der Waals surface area contributed by atoms with Crippen LogP contribution in [0.2, 0.25) is 0 Å². The molecule has 0 saturated carbocycles. The fraction of sp³-hybridized carbons (Fsp3) is 0.400. The molecule has 3 nitrogen and oxygen atoms in total. The van der Waals surface area contributed by atoms with Crippen molar-refractivity contribution in [2.24, 2.45) is 5.73 Å². The maximum absolute atomic E-state index is 9.54. The van der Waals surface area contributed by atoms with Gasteiger partial charge < -0.3 is 15.6 Å². The van der Waals surface area contributed by atoms with Gasteiger partial charge in [0.25, 0.3) is 0 Å². The molecule has 13 heavy (non-hydrogen) atoms. The second kappa shape index (κ2) is 4.72. The minimum absolute atomic E-state index is 0.222. The number of phenols is 1. The third-order valence-corrected chi connectivity index (χ3v) is 1.81. The second-order valence-electron chi connectivity index (χ2n) is 2.91. The smallest absolute Gasteiger partial charge is 0.161 e. The Morgan fingerprint density at radius 1 is 1.46 bits per heavy atom. The fourth-order valence-corrected chi connectivity index (χ4v) is 1.01. The monoisotopic (exact) mass is 181 g/mol. The zero-order valence-electron chi connectivity index (χ0n) is 7.79. The minimum atomic E-state index is 0.222. The first-order chi connectivity index (χ1) is 6.25. The van der Waals surface area contributed by atoms with Crippen LogP contribution in [0.1, 0.15) is 12.0 Å². The van der Waals surface area contributed by atoms with Gasteiger partial charge in [0.1, 0.15) is 0 Å². The lowest BCUT2D eigenvalue weighted by Gasteiger charge is -2.08. The van der Waals surface area contributed by atoms with E-state index in [9.17, 15) is 5.11 Å². The topological polar surface area (TPSA) is 55.5 Å². The van der Waals surface area contributed by atoms with Gasteiger partial charge in [0.15, 0.2) is 11.5 Å². The molecule has 3 heteroatoms. The summed E-state index contributed by atoms with van der Waals surface area (Å²) in [6.45, 7) is 2.99. The molecule has 1 aromatic rings. The van der Waals surface area contributed by atoms with Gasteiger partial charge in [-0.2, -0.15) is 0 Å². The standard InChI is InChI=1S/C10H15NO2/c1-8-4-2-5-9(10(8)12)13-7-3-6-11/h2,4-5,12H,3,6-7,11H2,1H3. The molecule has 0 aliphatic carbocycles. The Hall–Kier alpha value is -1.22. The van der Waals surface area contributed by atoms with Crippen molar-refractivity contribution in [3.05, 3.63) is 23.8 Å². The van der Waals surface area contributed by atoms with Crippen LogP contribution in [-0.2, 0) is 0 Å².